The zero-order chi connectivity index (χ0) is 22.0. The Morgan fingerprint density at radius 3 is 2.34 bits per heavy atom. The summed E-state index contributed by atoms with van der Waals surface area (Å²) < 4.78 is 6.06. The van der Waals surface area contributed by atoms with Crippen LogP contribution in [0.1, 0.15) is 49.4 Å². The highest BCUT2D eigenvalue weighted by molar-refractivity contribution is 5.97. The molecule has 1 aromatic carbocycles. The van der Waals surface area contributed by atoms with Crippen molar-refractivity contribution in [3.8, 4) is 17.3 Å². The van der Waals surface area contributed by atoms with E-state index >= 15 is 0 Å². The van der Waals surface area contributed by atoms with Crippen LogP contribution in [0, 0.1) is 0 Å². The first-order valence-corrected chi connectivity index (χ1v) is 9.60. The summed E-state index contributed by atoms with van der Waals surface area (Å²) in [5.74, 6) is -0.828. The molecule has 8 heteroatoms. The topological polar surface area (TPSA) is 105 Å². The zero-order valence-electron chi connectivity index (χ0n) is 17.8. The molecular weight excluding hydrogens is 374 g/mol. The van der Waals surface area contributed by atoms with Crippen molar-refractivity contribution in [2.75, 3.05) is 28.3 Å². The fourth-order valence-corrected chi connectivity index (χ4v) is 2.65. The van der Waals surface area contributed by atoms with Gasteiger partial charge in [0.15, 0.2) is 5.78 Å². The van der Waals surface area contributed by atoms with E-state index in [1.54, 1.807) is 24.3 Å². The van der Waals surface area contributed by atoms with E-state index in [4.69, 9.17) is 4.74 Å². The fraction of sp³-hybridized carbons (Fsp3) is 0.476. The SMILES string of the molecule is CCCCCCC(=O)c1c(O)n(-c2ccccc2OC)c(=O)[nH]c1=O.CN(C)C. The Morgan fingerprint density at radius 1 is 1.14 bits per heavy atom. The minimum absolute atomic E-state index is 0.140. The van der Waals surface area contributed by atoms with Crippen molar-refractivity contribution in [3.05, 3.63) is 50.7 Å². The summed E-state index contributed by atoms with van der Waals surface area (Å²) in [5.41, 5.74) is -1.88. The molecule has 0 unspecified atom stereocenters. The van der Waals surface area contributed by atoms with Gasteiger partial charge in [-0.15, -0.1) is 0 Å². The highest BCUT2D eigenvalue weighted by Crippen LogP contribution is 2.25. The van der Waals surface area contributed by atoms with Crippen LogP contribution >= 0.6 is 0 Å². The molecule has 0 aliphatic rings. The van der Waals surface area contributed by atoms with Gasteiger partial charge in [-0.05, 0) is 39.7 Å². The van der Waals surface area contributed by atoms with Gasteiger partial charge in [-0.25, -0.2) is 9.36 Å². The second kappa shape index (κ2) is 11.9. The molecule has 2 aromatic rings. The number of H-pyrrole nitrogens is 1. The summed E-state index contributed by atoms with van der Waals surface area (Å²) in [6.07, 6.45) is 3.65. The maximum Gasteiger partial charge on any atom is 0.335 e. The van der Waals surface area contributed by atoms with Crippen LogP contribution in [0.25, 0.3) is 5.69 Å². The van der Waals surface area contributed by atoms with Gasteiger partial charge in [0.05, 0.1) is 12.8 Å². The molecule has 1 aromatic heterocycles. The number of methoxy groups -OCH3 is 1. The molecule has 0 aliphatic carbocycles. The fourth-order valence-electron chi connectivity index (χ4n) is 2.65. The Hall–Kier alpha value is -2.87. The molecule has 160 valence electrons. The number of para-hydroxylation sites is 2. The van der Waals surface area contributed by atoms with Crippen molar-refractivity contribution in [3.63, 3.8) is 0 Å². The number of hydrogen-bond acceptors (Lipinski definition) is 6. The van der Waals surface area contributed by atoms with E-state index in [9.17, 15) is 19.5 Å². The lowest BCUT2D eigenvalue weighted by Crippen LogP contribution is -2.33. The van der Waals surface area contributed by atoms with E-state index in [1.165, 1.54) is 7.11 Å². The Labute approximate surface area is 170 Å². The van der Waals surface area contributed by atoms with Gasteiger partial charge in [-0.3, -0.25) is 14.6 Å². The third-order valence-electron chi connectivity index (χ3n) is 3.95. The molecule has 0 spiro atoms. The number of hydrogen-bond donors (Lipinski definition) is 2. The highest BCUT2D eigenvalue weighted by Gasteiger charge is 2.22. The van der Waals surface area contributed by atoms with Crippen molar-refractivity contribution in [1.29, 1.82) is 0 Å². The van der Waals surface area contributed by atoms with E-state index in [2.05, 4.69) is 11.9 Å². The predicted molar refractivity (Wildman–Crippen MR) is 114 cm³/mol. The van der Waals surface area contributed by atoms with Gasteiger partial charge in [0, 0.05) is 6.42 Å². The molecular formula is C21H31N3O5. The number of aromatic amines is 1. The number of aromatic nitrogens is 2. The minimum Gasteiger partial charge on any atom is -0.495 e. The number of Topliss-reactive ketones (excluding diaryl/α,β-unsaturated/α-hetero) is 1. The number of ketones is 1. The van der Waals surface area contributed by atoms with Crippen LogP contribution in [0.2, 0.25) is 0 Å². The van der Waals surface area contributed by atoms with E-state index in [0.717, 1.165) is 23.8 Å². The summed E-state index contributed by atoms with van der Waals surface area (Å²) in [7, 11) is 7.42. The summed E-state index contributed by atoms with van der Waals surface area (Å²) in [6.45, 7) is 2.06. The van der Waals surface area contributed by atoms with Crippen molar-refractivity contribution in [1.82, 2.24) is 14.5 Å². The number of aromatic hydroxyl groups is 1. The van der Waals surface area contributed by atoms with Crippen molar-refractivity contribution in [2.24, 2.45) is 0 Å². The predicted octanol–water partition coefficient (Wildman–Crippen LogP) is 2.57. The van der Waals surface area contributed by atoms with E-state index in [0.29, 0.717) is 12.2 Å². The van der Waals surface area contributed by atoms with Crippen LogP contribution in [0.5, 0.6) is 11.6 Å². The Morgan fingerprint density at radius 2 is 1.76 bits per heavy atom. The van der Waals surface area contributed by atoms with Crippen LogP contribution in [0.15, 0.2) is 33.9 Å². The third-order valence-corrected chi connectivity index (χ3v) is 3.95. The lowest BCUT2D eigenvalue weighted by atomic mass is 10.1. The average molecular weight is 405 g/mol. The maximum atomic E-state index is 12.4. The van der Waals surface area contributed by atoms with Gasteiger partial charge in [-0.1, -0.05) is 38.3 Å². The monoisotopic (exact) mass is 405 g/mol. The van der Waals surface area contributed by atoms with Crippen molar-refractivity contribution >= 4 is 5.78 Å². The Kier molecular flexibility index (Phi) is 9.88. The largest absolute Gasteiger partial charge is 0.495 e. The number of nitrogens with one attached hydrogen (secondary N) is 1. The summed E-state index contributed by atoms with van der Waals surface area (Å²) in [4.78, 5) is 40.7. The molecule has 0 saturated heterocycles. The summed E-state index contributed by atoms with van der Waals surface area (Å²) in [5, 5.41) is 10.5. The van der Waals surface area contributed by atoms with Crippen LogP contribution in [-0.4, -0.2) is 53.6 Å². The molecule has 0 saturated carbocycles. The van der Waals surface area contributed by atoms with Crippen molar-refractivity contribution < 1.29 is 14.6 Å². The number of carbonyl (C=O) groups is 1. The molecule has 1 heterocycles. The van der Waals surface area contributed by atoms with Gasteiger partial charge in [0.2, 0.25) is 5.88 Å². The van der Waals surface area contributed by atoms with Crippen LogP contribution in [0.4, 0.5) is 0 Å². The Balaban J connectivity index is 0.000000960. The minimum atomic E-state index is -0.880. The second-order valence-electron chi connectivity index (χ2n) is 7.04. The number of ether oxygens (including phenoxy) is 1. The smallest absolute Gasteiger partial charge is 0.335 e. The first-order chi connectivity index (χ1) is 13.7. The summed E-state index contributed by atoms with van der Waals surface area (Å²) in [6, 6.07) is 6.52. The quantitative estimate of drug-likeness (QED) is 0.517. The first-order valence-electron chi connectivity index (χ1n) is 9.60. The van der Waals surface area contributed by atoms with Gasteiger partial charge < -0.3 is 14.7 Å². The van der Waals surface area contributed by atoms with Gasteiger partial charge >= 0.3 is 5.69 Å². The Bertz CT molecular complexity index is 913. The van der Waals surface area contributed by atoms with E-state index in [-0.39, 0.29) is 12.1 Å². The van der Waals surface area contributed by atoms with Crippen LogP contribution in [-0.2, 0) is 0 Å². The molecule has 0 fully saturated rings. The lowest BCUT2D eigenvalue weighted by molar-refractivity contribution is 0.0973. The number of unbranched alkanes of at least 4 members (excludes halogenated alkanes) is 3. The maximum absolute atomic E-state index is 12.4. The molecule has 0 atom stereocenters. The second-order valence-corrected chi connectivity index (χ2v) is 7.04. The van der Waals surface area contributed by atoms with Gasteiger partial charge in [-0.2, -0.15) is 0 Å². The van der Waals surface area contributed by atoms with E-state index < -0.39 is 28.5 Å². The standard InChI is InChI=1S/C18H22N2O5.C3H9N/c1-3-4-5-6-10-13(21)15-16(22)19-18(24)20(17(15)23)12-9-7-8-11-14(12)25-2;1-4(2)3/h7-9,11,23H,3-6,10H2,1-2H3,(H,19,22,24);1-3H3. The number of benzene rings is 1. The molecule has 8 nitrogen and oxygen atoms in total. The molecule has 0 amide bonds. The molecule has 29 heavy (non-hydrogen) atoms. The normalized spacial score (nSPS) is 10.4. The molecule has 2 rings (SSSR count). The molecule has 2 N–H and O–H groups in total. The number of carbonyl (C=O) groups excluding carboxylic acids is 1. The molecule has 0 radical (unpaired) electrons. The summed E-state index contributed by atoms with van der Waals surface area (Å²) >= 11 is 0. The van der Waals surface area contributed by atoms with E-state index in [1.807, 2.05) is 26.0 Å². The van der Waals surface area contributed by atoms with Crippen LogP contribution in [0.3, 0.4) is 0 Å². The zero-order valence-corrected chi connectivity index (χ0v) is 17.8. The average Bonchev–Trinajstić information content (AvgIpc) is 2.65. The third kappa shape index (κ3) is 6.90. The van der Waals surface area contributed by atoms with Crippen LogP contribution < -0.4 is 16.0 Å². The molecule has 0 aliphatic heterocycles. The van der Waals surface area contributed by atoms with Crippen molar-refractivity contribution in [2.45, 2.75) is 39.0 Å². The number of rotatable bonds is 8. The highest BCUT2D eigenvalue weighted by atomic mass is 16.5. The molecule has 0 bridgehead atoms. The lowest BCUT2D eigenvalue weighted by Gasteiger charge is -2.13. The first kappa shape index (κ1) is 24.2. The van der Waals surface area contributed by atoms with Gasteiger partial charge in [0.25, 0.3) is 5.56 Å². The number of nitrogens with zero attached hydrogens (tertiary/aromatic N) is 2. The van der Waals surface area contributed by atoms with Gasteiger partial charge in [0.1, 0.15) is 11.3 Å².